The highest BCUT2D eigenvalue weighted by molar-refractivity contribution is 5.91. The molecule has 0 aliphatic heterocycles. The summed E-state index contributed by atoms with van der Waals surface area (Å²) >= 11 is 0. The first-order chi connectivity index (χ1) is 13.8. The number of rotatable bonds is 7. The molecule has 1 amide bonds. The summed E-state index contributed by atoms with van der Waals surface area (Å²) in [5.41, 5.74) is 1.82. The molecule has 0 aliphatic carbocycles. The first kappa shape index (κ1) is 17.5. The molecule has 2 heterocycles. The molecule has 2 aromatic heterocycles. The van der Waals surface area contributed by atoms with Gasteiger partial charge in [-0.3, -0.25) is 4.79 Å². The molecule has 0 spiro atoms. The Morgan fingerprint density at radius 3 is 2.50 bits per heavy atom. The van der Waals surface area contributed by atoms with Crippen molar-refractivity contribution in [2.45, 2.75) is 13.2 Å². The monoisotopic (exact) mass is 376 g/mol. The number of carbonyl (C=O) groups is 1. The molecule has 4 aromatic rings. The number of carbonyl (C=O) groups excluding carboxylic acids is 1. The fourth-order valence-corrected chi connectivity index (χ4v) is 2.44. The zero-order chi connectivity index (χ0) is 19.2. The van der Waals surface area contributed by atoms with Crippen LogP contribution in [0, 0.1) is 0 Å². The predicted molar refractivity (Wildman–Crippen MR) is 98.2 cm³/mol. The summed E-state index contributed by atoms with van der Waals surface area (Å²) in [6.45, 7) is 0.401. The summed E-state index contributed by atoms with van der Waals surface area (Å²) in [6.07, 6.45) is 0. The highest BCUT2D eigenvalue weighted by Crippen LogP contribution is 2.16. The van der Waals surface area contributed by atoms with E-state index in [0.717, 1.165) is 11.1 Å². The van der Waals surface area contributed by atoms with Crippen molar-refractivity contribution in [2.24, 2.45) is 0 Å². The van der Waals surface area contributed by atoms with Crippen molar-refractivity contribution in [1.29, 1.82) is 0 Å². The summed E-state index contributed by atoms with van der Waals surface area (Å²) < 4.78 is 15.7. The quantitative estimate of drug-likeness (QED) is 0.528. The minimum absolute atomic E-state index is 0.0332. The first-order valence-corrected chi connectivity index (χ1v) is 8.57. The molecule has 140 valence electrons. The fourth-order valence-electron chi connectivity index (χ4n) is 2.44. The van der Waals surface area contributed by atoms with Crippen LogP contribution in [-0.2, 0) is 13.2 Å². The van der Waals surface area contributed by atoms with Crippen molar-refractivity contribution in [3.63, 3.8) is 0 Å². The van der Waals surface area contributed by atoms with Crippen LogP contribution in [0.5, 0.6) is 5.88 Å². The molecule has 0 saturated carbocycles. The van der Waals surface area contributed by atoms with E-state index in [1.54, 1.807) is 0 Å². The van der Waals surface area contributed by atoms with E-state index in [4.69, 9.17) is 13.8 Å². The van der Waals surface area contributed by atoms with Crippen LogP contribution in [0.15, 0.2) is 75.8 Å². The highest BCUT2D eigenvalue weighted by Gasteiger charge is 2.15. The third kappa shape index (κ3) is 4.24. The number of amides is 1. The predicted octanol–water partition coefficient (Wildman–Crippen LogP) is 3.23. The van der Waals surface area contributed by atoms with E-state index in [1.165, 1.54) is 6.07 Å². The topological polar surface area (TPSA) is 103 Å². The molecule has 0 atom stereocenters. The van der Waals surface area contributed by atoms with Gasteiger partial charge in [-0.25, -0.2) is 0 Å². The van der Waals surface area contributed by atoms with Gasteiger partial charge in [-0.2, -0.15) is 4.98 Å². The summed E-state index contributed by atoms with van der Waals surface area (Å²) in [5, 5.41) is 10.3. The van der Waals surface area contributed by atoms with E-state index in [9.17, 15) is 4.79 Å². The van der Waals surface area contributed by atoms with Crippen molar-refractivity contribution in [2.75, 3.05) is 0 Å². The lowest BCUT2D eigenvalue weighted by Crippen LogP contribution is -2.22. The molecule has 2 aromatic carbocycles. The standard InChI is InChI=1S/C20H16N4O4/c25-20(16-11-17(23-27-16)26-13-14-7-3-1-4-8-14)21-12-18-22-19(24-28-18)15-9-5-2-6-10-15/h1-11H,12-13H2,(H,21,25). The van der Waals surface area contributed by atoms with Crippen molar-refractivity contribution < 1.29 is 18.6 Å². The third-order valence-electron chi connectivity index (χ3n) is 3.84. The van der Waals surface area contributed by atoms with Gasteiger partial charge in [0.15, 0.2) is 0 Å². The van der Waals surface area contributed by atoms with Gasteiger partial charge in [-0.15, -0.1) is 0 Å². The first-order valence-electron chi connectivity index (χ1n) is 8.57. The van der Waals surface area contributed by atoms with Crippen LogP contribution in [0.1, 0.15) is 22.0 Å². The van der Waals surface area contributed by atoms with E-state index >= 15 is 0 Å². The molecule has 0 fully saturated rings. The smallest absolute Gasteiger partial charge is 0.290 e. The van der Waals surface area contributed by atoms with Gasteiger partial charge in [0, 0.05) is 5.56 Å². The van der Waals surface area contributed by atoms with E-state index in [-0.39, 0.29) is 24.1 Å². The van der Waals surface area contributed by atoms with Crippen molar-refractivity contribution in [3.8, 4) is 17.3 Å². The van der Waals surface area contributed by atoms with Gasteiger partial charge in [0.2, 0.25) is 17.5 Å². The number of nitrogens with one attached hydrogen (secondary N) is 1. The second-order valence-corrected chi connectivity index (χ2v) is 5.86. The van der Waals surface area contributed by atoms with Crippen LogP contribution in [0.2, 0.25) is 0 Å². The van der Waals surface area contributed by atoms with E-state index in [2.05, 4.69) is 20.6 Å². The lowest BCUT2D eigenvalue weighted by Gasteiger charge is -2.00. The maximum absolute atomic E-state index is 12.2. The summed E-state index contributed by atoms with van der Waals surface area (Å²) in [5.74, 6) is 0.555. The molecule has 0 bridgehead atoms. The largest absolute Gasteiger partial charge is 0.471 e. The second kappa shape index (κ2) is 8.17. The maximum atomic E-state index is 12.2. The zero-order valence-corrected chi connectivity index (χ0v) is 14.7. The normalized spacial score (nSPS) is 10.6. The highest BCUT2D eigenvalue weighted by atomic mass is 16.5. The van der Waals surface area contributed by atoms with Gasteiger partial charge in [-0.1, -0.05) is 65.8 Å². The van der Waals surface area contributed by atoms with Gasteiger partial charge < -0.3 is 19.1 Å². The Balaban J connectivity index is 1.31. The third-order valence-corrected chi connectivity index (χ3v) is 3.84. The average Bonchev–Trinajstić information content (AvgIpc) is 3.42. The minimum atomic E-state index is -0.457. The number of ether oxygens (including phenoxy) is 1. The van der Waals surface area contributed by atoms with Gasteiger partial charge in [0.05, 0.1) is 12.6 Å². The van der Waals surface area contributed by atoms with Crippen molar-refractivity contribution in [3.05, 3.63) is 83.9 Å². The number of aromatic nitrogens is 3. The second-order valence-electron chi connectivity index (χ2n) is 5.86. The number of benzene rings is 2. The fraction of sp³-hybridized carbons (Fsp3) is 0.100. The Labute approximate surface area is 160 Å². The summed E-state index contributed by atoms with van der Waals surface area (Å²) in [4.78, 5) is 16.4. The molecule has 4 rings (SSSR count). The molecule has 0 saturated heterocycles. The van der Waals surface area contributed by atoms with Gasteiger partial charge >= 0.3 is 0 Å². The molecule has 8 nitrogen and oxygen atoms in total. The van der Waals surface area contributed by atoms with Crippen LogP contribution in [0.25, 0.3) is 11.4 Å². The molecule has 0 unspecified atom stereocenters. The van der Waals surface area contributed by atoms with E-state index in [0.29, 0.717) is 12.4 Å². The zero-order valence-electron chi connectivity index (χ0n) is 14.7. The molecular formula is C20H16N4O4. The number of hydrogen-bond donors (Lipinski definition) is 1. The summed E-state index contributed by atoms with van der Waals surface area (Å²) in [7, 11) is 0. The van der Waals surface area contributed by atoms with Gasteiger partial charge in [0.1, 0.15) is 6.61 Å². The molecule has 28 heavy (non-hydrogen) atoms. The van der Waals surface area contributed by atoms with E-state index < -0.39 is 5.91 Å². The SMILES string of the molecule is O=C(NCc1nc(-c2ccccc2)no1)c1cc(OCc2ccccc2)no1. The molecule has 0 radical (unpaired) electrons. The van der Waals surface area contributed by atoms with Crippen LogP contribution >= 0.6 is 0 Å². The molecule has 8 heteroatoms. The lowest BCUT2D eigenvalue weighted by molar-refractivity contribution is 0.0908. The molecule has 0 aliphatic rings. The molecule has 1 N–H and O–H groups in total. The van der Waals surface area contributed by atoms with Crippen molar-refractivity contribution >= 4 is 5.91 Å². The van der Waals surface area contributed by atoms with Crippen LogP contribution < -0.4 is 10.1 Å². The van der Waals surface area contributed by atoms with Crippen LogP contribution in [0.4, 0.5) is 0 Å². The minimum Gasteiger partial charge on any atom is -0.471 e. The van der Waals surface area contributed by atoms with Crippen molar-refractivity contribution in [1.82, 2.24) is 20.6 Å². The lowest BCUT2D eigenvalue weighted by atomic mass is 10.2. The van der Waals surface area contributed by atoms with Crippen LogP contribution in [0.3, 0.4) is 0 Å². The van der Waals surface area contributed by atoms with E-state index in [1.807, 2.05) is 60.7 Å². The Bertz CT molecular complexity index is 1040. The van der Waals surface area contributed by atoms with Gasteiger partial charge in [0.25, 0.3) is 11.8 Å². The summed E-state index contributed by atoms with van der Waals surface area (Å²) in [6, 6.07) is 20.5. The average molecular weight is 376 g/mol. The maximum Gasteiger partial charge on any atom is 0.290 e. The number of hydrogen-bond acceptors (Lipinski definition) is 7. The Morgan fingerprint density at radius 2 is 1.71 bits per heavy atom. The number of nitrogens with zero attached hydrogens (tertiary/aromatic N) is 3. The van der Waals surface area contributed by atoms with Crippen LogP contribution in [-0.4, -0.2) is 21.2 Å². The van der Waals surface area contributed by atoms with Gasteiger partial charge in [-0.05, 0) is 10.7 Å². The Kier molecular flexibility index (Phi) is 5.10. The molecular weight excluding hydrogens is 360 g/mol. The Morgan fingerprint density at radius 1 is 0.964 bits per heavy atom. The Hall–Kier alpha value is -3.94.